The monoisotopic (exact) mass is 497 g/mol. The molecule has 1 fully saturated rings. The molecule has 0 radical (unpaired) electrons. The average molecular weight is 497 g/mol. The maximum absolute atomic E-state index is 12.8. The first-order chi connectivity index (χ1) is 12.5. The van der Waals surface area contributed by atoms with E-state index in [0.29, 0.717) is 27.3 Å². The number of hydrogen-bond acceptors (Lipinski definition) is 5. The van der Waals surface area contributed by atoms with Gasteiger partial charge in [0, 0.05) is 0 Å². The van der Waals surface area contributed by atoms with Crippen LogP contribution in [0.1, 0.15) is 12.5 Å². The molecule has 0 saturated carbocycles. The Labute approximate surface area is 175 Å². The molecule has 1 heterocycles. The molecule has 0 spiro atoms. The number of benzene rings is 2. The van der Waals surface area contributed by atoms with Crippen LogP contribution in [-0.4, -0.2) is 23.9 Å². The van der Waals surface area contributed by atoms with Crippen LogP contribution in [0, 0.1) is 3.57 Å². The van der Waals surface area contributed by atoms with Crippen molar-refractivity contribution in [3.63, 3.8) is 0 Å². The summed E-state index contributed by atoms with van der Waals surface area (Å²) in [6, 6.07) is 13.2. The first kappa shape index (κ1) is 19.2. The number of hydrogen-bond donors (Lipinski definition) is 0. The highest BCUT2D eigenvalue weighted by Crippen LogP contribution is 2.38. The summed E-state index contributed by atoms with van der Waals surface area (Å²) in [6.45, 7) is 2.49. The standard InChI is InChI=1S/C19H16INO3S2/c1-3-24-17-14(20)9-12(10-15(17)23-2)11-16-18(22)21(19(25)26-16)13-7-5-4-6-8-13/h4-11H,3H2,1-2H3/b16-11-. The summed E-state index contributed by atoms with van der Waals surface area (Å²) < 4.78 is 12.5. The number of carbonyl (C=O) groups is 1. The summed E-state index contributed by atoms with van der Waals surface area (Å²) in [5.41, 5.74) is 1.64. The normalized spacial score (nSPS) is 15.7. The van der Waals surface area contributed by atoms with Crippen LogP contribution < -0.4 is 14.4 Å². The highest BCUT2D eigenvalue weighted by atomic mass is 127. The van der Waals surface area contributed by atoms with Crippen LogP contribution in [0.15, 0.2) is 47.4 Å². The number of halogens is 1. The molecule has 1 amide bonds. The summed E-state index contributed by atoms with van der Waals surface area (Å²) in [4.78, 5) is 15.0. The molecule has 0 atom stereocenters. The van der Waals surface area contributed by atoms with Crippen LogP contribution >= 0.6 is 46.6 Å². The van der Waals surface area contributed by atoms with E-state index in [1.165, 1.54) is 11.8 Å². The Bertz CT molecular complexity index is 884. The summed E-state index contributed by atoms with van der Waals surface area (Å²) in [5.74, 6) is 1.24. The summed E-state index contributed by atoms with van der Waals surface area (Å²) in [5, 5.41) is 0. The second-order valence-electron chi connectivity index (χ2n) is 5.32. The van der Waals surface area contributed by atoms with Crippen molar-refractivity contribution >= 4 is 68.6 Å². The lowest BCUT2D eigenvalue weighted by Crippen LogP contribution is -2.27. The number of amides is 1. The molecule has 0 N–H and O–H groups in total. The van der Waals surface area contributed by atoms with Gasteiger partial charge in [0.05, 0.1) is 27.9 Å². The van der Waals surface area contributed by atoms with Crippen molar-refractivity contribution in [1.82, 2.24) is 0 Å². The van der Waals surface area contributed by atoms with Crippen molar-refractivity contribution in [2.45, 2.75) is 6.92 Å². The van der Waals surface area contributed by atoms with Crippen LogP contribution in [0.25, 0.3) is 6.08 Å². The number of thiocarbonyl (C=S) groups is 1. The second-order valence-corrected chi connectivity index (χ2v) is 8.16. The SMILES string of the molecule is CCOc1c(I)cc(/C=C2\SC(=S)N(c3ccccc3)C2=O)cc1OC. The van der Waals surface area contributed by atoms with E-state index in [0.717, 1.165) is 14.8 Å². The van der Waals surface area contributed by atoms with Crippen molar-refractivity contribution in [3.8, 4) is 11.5 Å². The molecule has 2 aromatic carbocycles. The molecular formula is C19H16INO3S2. The molecule has 1 aliphatic rings. The largest absolute Gasteiger partial charge is 0.493 e. The lowest BCUT2D eigenvalue weighted by atomic mass is 10.2. The van der Waals surface area contributed by atoms with Gasteiger partial charge in [-0.25, -0.2) is 0 Å². The zero-order valence-electron chi connectivity index (χ0n) is 14.2. The van der Waals surface area contributed by atoms with Crippen molar-refractivity contribution in [3.05, 3.63) is 56.5 Å². The molecular weight excluding hydrogens is 481 g/mol. The van der Waals surface area contributed by atoms with Crippen LogP contribution in [0.2, 0.25) is 0 Å². The zero-order chi connectivity index (χ0) is 18.7. The number of ether oxygens (including phenoxy) is 2. The van der Waals surface area contributed by atoms with E-state index in [1.54, 1.807) is 12.0 Å². The molecule has 7 heteroatoms. The van der Waals surface area contributed by atoms with Gasteiger partial charge in [0.25, 0.3) is 5.91 Å². The molecule has 0 bridgehead atoms. The Morgan fingerprint density at radius 2 is 2.00 bits per heavy atom. The number of nitrogens with zero attached hydrogens (tertiary/aromatic N) is 1. The fraction of sp³-hybridized carbons (Fsp3) is 0.158. The van der Waals surface area contributed by atoms with Gasteiger partial charge in [-0.3, -0.25) is 9.69 Å². The van der Waals surface area contributed by atoms with Crippen LogP contribution in [0.4, 0.5) is 5.69 Å². The van der Waals surface area contributed by atoms with Gasteiger partial charge in [0.2, 0.25) is 0 Å². The van der Waals surface area contributed by atoms with Gasteiger partial charge in [0.1, 0.15) is 0 Å². The van der Waals surface area contributed by atoms with E-state index in [9.17, 15) is 4.79 Å². The minimum Gasteiger partial charge on any atom is -0.493 e. The van der Waals surface area contributed by atoms with Gasteiger partial charge in [-0.2, -0.15) is 0 Å². The topological polar surface area (TPSA) is 38.8 Å². The molecule has 0 aliphatic carbocycles. The molecule has 26 heavy (non-hydrogen) atoms. The van der Waals surface area contributed by atoms with Crippen LogP contribution in [0.3, 0.4) is 0 Å². The quantitative estimate of drug-likeness (QED) is 0.327. The van der Waals surface area contributed by atoms with Gasteiger partial charge < -0.3 is 9.47 Å². The molecule has 3 rings (SSSR count). The summed E-state index contributed by atoms with van der Waals surface area (Å²) in [7, 11) is 1.60. The molecule has 0 unspecified atom stereocenters. The number of para-hydroxylation sites is 1. The molecule has 134 valence electrons. The van der Waals surface area contributed by atoms with Crippen molar-refractivity contribution in [1.29, 1.82) is 0 Å². The van der Waals surface area contributed by atoms with Gasteiger partial charge in [-0.1, -0.05) is 42.2 Å². The van der Waals surface area contributed by atoms with Gasteiger partial charge in [-0.15, -0.1) is 0 Å². The first-order valence-corrected chi connectivity index (χ1v) is 10.2. The first-order valence-electron chi connectivity index (χ1n) is 7.88. The van der Waals surface area contributed by atoms with Gasteiger partial charge >= 0.3 is 0 Å². The Morgan fingerprint density at radius 3 is 2.65 bits per heavy atom. The van der Waals surface area contributed by atoms with E-state index in [2.05, 4.69) is 22.6 Å². The van der Waals surface area contributed by atoms with Gasteiger partial charge in [-0.05, 0) is 65.4 Å². The Morgan fingerprint density at radius 1 is 1.27 bits per heavy atom. The maximum atomic E-state index is 12.8. The van der Waals surface area contributed by atoms with Crippen molar-refractivity contribution in [2.24, 2.45) is 0 Å². The molecule has 1 saturated heterocycles. The second kappa shape index (κ2) is 8.41. The fourth-order valence-electron chi connectivity index (χ4n) is 2.53. The molecule has 4 nitrogen and oxygen atoms in total. The predicted molar refractivity (Wildman–Crippen MR) is 119 cm³/mol. The van der Waals surface area contributed by atoms with E-state index in [4.69, 9.17) is 21.7 Å². The van der Waals surface area contributed by atoms with Gasteiger partial charge in [0.15, 0.2) is 15.8 Å². The van der Waals surface area contributed by atoms with Crippen LogP contribution in [-0.2, 0) is 4.79 Å². The fourth-order valence-corrected chi connectivity index (χ4v) is 4.61. The summed E-state index contributed by atoms with van der Waals surface area (Å²) in [6.07, 6.45) is 1.84. The maximum Gasteiger partial charge on any atom is 0.270 e. The number of carbonyl (C=O) groups excluding carboxylic acids is 1. The average Bonchev–Trinajstić information content (AvgIpc) is 2.91. The molecule has 2 aromatic rings. The molecule has 0 aromatic heterocycles. The third-order valence-corrected chi connectivity index (χ3v) is 5.75. The highest BCUT2D eigenvalue weighted by molar-refractivity contribution is 14.1. The summed E-state index contributed by atoms with van der Waals surface area (Å²) >= 11 is 8.91. The predicted octanol–water partition coefficient (Wildman–Crippen LogP) is 5.10. The lowest BCUT2D eigenvalue weighted by Gasteiger charge is -2.14. The highest BCUT2D eigenvalue weighted by Gasteiger charge is 2.33. The number of rotatable bonds is 5. The van der Waals surface area contributed by atoms with E-state index in [1.807, 2.05) is 55.5 Å². The van der Waals surface area contributed by atoms with Crippen molar-refractivity contribution in [2.75, 3.05) is 18.6 Å². The van der Waals surface area contributed by atoms with E-state index in [-0.39, 0.29) is 5.91 Å². The Balaban J connectivity index is 1.95. The van der Waals surface area contributed by atoms with Crippen LogP contribution in [0.5, 0.6) is 11.5 Å². The smallest absolute Gasteiger partial charge is 0.270 e. The minimum atomic E-state index is -0.117. The zero-order valence-corrected chi connectivity index (χ0v) is 18.0. The third kappa shape index (κ3) is 3.89. The number of methoxy groups -OCH3 is 1. The third-order valence-electron chi connectivity index (χ3n) is 3.65. The van der Waals surface area contributed by atoms with E-state index < -0.39 is 0 Å². The Hall–Kier alpha value is -1.58. The number of thioether (sulfide) groups is 1. The minimum absolute atomic E-state index is 0.117. The Kier molecular flexibility index (Phi) is 6.20. The van der Waals surface area contributed by atoms with Crippen molar-refractivity contribution < 1.29 is 14.3 Å². The number of anilines is 1. The van der Waals surface area contributed by atoms with E-state index >= 15 is 0 Å². The lowest BCUT2D eigenvalue weighted by molar-refractivity contribution is -0.113. The molecule has 1 aliphatic heterocycles.